The molecule has 0 unspecified atom stereocenters. The van der Waals surface area contributed by atoms with Gasteiger partial charge >= 0.3 is 0 Å². The van der Waals surface area contributed by atoms with E-state index in [-0.39, 0.29) is 11.8 Å². The number of hydrogen-bond acceptors (Lipinski definition) is 6. The molecule has 1 aliphatic heterocycles. The Morgan fingerprint density at radius 1 is 1.48 bits per heavy atom. The van der Waals surface area contributed by atoms with Crippen LogP contribution in [-0.4, -0.2) is 59.2 Å². The molecule has 8 heteroatoms. The van der Waals surface area contributed by atoms with Crippen LogP contribution >= 0.6 is 0 Å². The number of piperidine rings is 1. The van der Waals surface area contributed by atoms with Gasteiger partial charge in [-0.15, -0.1) is 0 Å². The van der Waals surface area contributed by atoms with Crippen molar-refractivity contribution in [3.8, 4) is 0 Å². The molecule has 1 fully saturated rings. The second-order valence-electron chi connectivity index (χ2n) is 5.72. The number of nitrogens with one attached hydrogen (secondary N) is 2. The lowest BCUT2D eigenvalue weighted by Gasteiger charge is -2.32. The van der Waals surface area contributed by atoms with Crippen molar-refractivity contribution in [3.63, 3.8) is 0 Å². The van der Waals surface area contributed by atoms with Crippen molar-refractivity contribution in [1.29, 1.82) is 0 Å². The van der Waals surface area contributed by atoms with E-state index in [4.69, 9.17) is 4.74 Å². The fourth-order valence-corrected chi connectivity index (χ4v) is 2.95. The van der Waals surface area contributed by atoms with Crippen molar-refractivity contribution < 1.29 is 9.53 Å². The van der Waals surface area contributed by atoms with Crippen molar-refractivity contribution >= 4 is 22.9 Å². The number of anilines is 1. The molecule has 3 rings (SSSR count). The first-order valence-corrected chi connectivity index (χ1v) is 7.95. The van der Waals surface area contributed by atoms with Crippen LogP contribution in [0.15, 0.2) is 12.7 Å². The van der Waals surface area contributed by atoms with Gasteiger partial charge in [-0.3, -0.25) is 4.79 Å². The first-order valence-electron chi connectivity index (χ1n) is 7.95. The maximum atomic E-state index is 12.3. The van der Waals surface area contributed by atoms with Gasteiger partial charge in [0, 0.05) is 33.4 Å². The Morgan fingerprint density at radius 2 is 2.39 bits per heavy atom. The third-order valence-electron chi connectivity index (χ3n) is 4.12. The molecule has 1 amide bonds. The molecule has 0 saturated carbocycles. The van der Waals surface area contributed by atoms with Crippen LogP contribution in [0, 0.1) is 5.92 Å². The highest BCUT2D eigenvalue weighted by Crippen LogP contribution is 2.25. The average molecular weight is 318 g/mol. The summed E-state index contributed by atoms with van der Waals surface area (Å²) in [6, 6.07) is 0. The molecule has 0 aliphatic carbocycles. The number of methoxy groups -OCH3 is 1. The fourth-order valence-electron chi connectivity index (χ4n) is 2.95. The van der Waals surface area contributed by atoms with Gasteiger partial charge in [-0.2, -0.15) is 0 Å². The zero-order valence-electron chi connectivity index (χ0n) is 13.3. The summed E-state index contributed by atoms with van der Waals surface area (Å²) in [7, 11) is 1.67. The van der Waals surface area contributed by atoms with E-state index in [1.54, 1.807) is 13.4 Å². The van der Waals surface area contributed by atoms with Crippen molar-refractivity contribution in [3.05, 3.63) is 12.7 Å². The van der Waals surface area contributed by atoms with Crippen molar-refractivity contribution in [2.75, 3.05) is 38.3 Å². The lowest BCUT2D eigenvalue weighted by atomic mass is 9.97. The summed E-state index contributed by atoms with van der Waals surface area (Å²) in [6.07, 6.45) is 5.85. The number of carbonyl (C=O) groups is 1. The van der Waals surface area contributed by atoms with Crippen LogP contribution in [0.4, 0.5) is 5.82 Å². The first-order chi connectivity index (χ1) is 11.3. The molecule has 1 atom stereocenters. The molecule has 2 N–H and O–H groups in total. The smallest absolute Gasteiger partial charge is 0.224 e. The van der Waals surface area contributed by atoms with Crippen LogP contribution in [0.25, 0.3) is 11.2 Å². The van der Waals surface area contributed by atoms with Crippen molar-refractivity contribution in [2.24, 2.45) is 5.92 Å². The monoisotopic (exact) mass is 318 g/mol. The van der Waals surface area contributed by atoms with Gasteiger partial charge in [0.2, 0.25) is 5.91 Å². The molecule has 2 aromatic heterocycles. The van der Waals surface area contributed by atoms with Crippen LogP contribution < -0.4 is 10.2 Å². The minimum atomic E-state index is -0.0146. The molecule has 1 aliphatic rings. The van der Waals surface area contributed by atoms with Crippen LogP contribution in [0.2, 0.25) is 0 Å². The van der Waals surface area contributed by atoms with E-state index in [1.165, 1.54) is 6.33 Å². The molecule has 23 heavy (non-hydrogen) atoms. The van der Waals surface area contributed by atoms with Crippen molar-refractivity contribution in [1.82, 2.24) is 25.3 Å². The van der Waals surface area contributed by atoms with Crippen LogP contribution in [-0.2, 0) is 9.53 Å². The summed E-state index contributed by atoms with van der Waals surface area (Å²) in [5, 5.41) is 2.99. The van der Waals surface area contributed by atoms with E-state index < -0.39 is 0 Å². The predicted octanol–water partition coefficient (Wildman–Crippen LogP) is 0.722. The topological polar surface area (TPSA) is 96.0 Å². The second kappa shape index (κ2) is 7.36. The highest BCUT2D eigenvalue weighted by molar-refractivity contribution is 5.84. The van der Waals surface area contributed by atoms with Crippen molar-refractivity contribution in [2.45, 2.75) is 19.3 Å². The molecule has 124 valence electrons. The molecule has 3 heterocycles. The van der Waals surface area contributed by atoms with Crippen LogP contribution in [0.3, 0.4) is 0 Å². The van der Waals surface area contributed by atoms with Gasteiger partial charge < -0.3 is 19.9 Å². The number of nitrogens with zero attached hydrogens (tertiary/aromatic N) is 4. The van der Waals surface area contributed by atoms with Crippen LogP contribution in [0.1, 0.15) is 19.3 Å². The Hall–Kier alpha value is -2.22. The normalized spacial score (nSPS) is 18.3. The maximum absolute atomic E-state index is 12.3. The molecule has 0 aromatic carbocycles. The standard InChI is InChI=1S/C15H22N6O2/c1-23-7-3-5-16-15(22)11-4-2-6-21(8-11)14-12-13(18-9-17-12)19-10-20-14/h9-11H,2-8H2,1H3,(H,16,22)(H,17,18,19,20)/t11-/m1/s1. The third kappa shape index (κ3) is 3.58. The van der Waals surface area contributed by atoms with E-state index in [9.17, 15) is 4.79 Å². The number of carbonyl (C=O) groups excluding carboxylic acids is 1. The summed E-state index contributed by atoms with van der Waals surface area (Å²) in [4.78, 5) is 30.2. The van der Waals surface area contributed by atoms with E-state index in [1.807, 2.05) is 0 Å². The summed E-state index contributed by atoms with van der Waals surface area (Å²) in [6.45, 7) is 2.87. The first kappa shape index (κ1) is 15.7. The summed E-state index contributed by atoms with van der Waals surface area (Å²) in [5.74, 6) is 0.921. The van der Waals surface area contributed by atoms with Gasteiger partial charge in [0.25, 0.3) is 0 Å². The number of fused-ring (bicyclic) bond motifs is 1. The number of amides is 1. The minimum Gasteiger partial charge on any atom is -0.385 e. The average Bonchev–Trinajstić information content (AvgIpc) is 3.07. The van der Waals surface area contributed by atoms with Gasteiger partial charge in [0.05, 0.1) is 12.2 Å². The molecular formula is C15H22N6O2. The van der Waals surface area contributed by atoms with Gasteiger partial charge in [-0.05, 0) is 19.3 Å². The zero-order chi connectivity index (χ0) is 16.1. The Bertz CT molecular complexity index is 658. The van der Waals surface area contributed by atoms with E-state index >= 15 is 0 Å². The Balaban J connectivity index is 1.64. The lowest BCUT2D eigenvalue weighted by Crippen LogP contribution is -2.43. The number of hydrogen-bond donors (Lipinski definition) is 2. The summed E-state index contributed by atoms with van der Waals surface area (Å²) < 4.78 is 4.99. The lowest BCUT2D eigenvalue weighted by molar-refractivity contribution is -0.125. The maximum Gasteiger partial charge on any atom is 0.224 e. The molecule has 2 aromatic rings. The van der Waals surface area contributed by atoms with Gasteiger partial charge in [0.1, 0.15) is 11.8 Å². The van der Waals surface area contributed by atoms with E-state index in [0.29, 0.717) is 25.3 Å². The number of aromatic amines is 1. The molecular weight excluding hydrogens is 296 g/mol. The Labute approximate surface area is 134 Å². The van der Waals surface area contributed by atoms with E-state index in [0.717, 1.165) is 37.1 Å². The molecule has 0 radical (unpaired) electrons. The van der Waals surface area contributed by atoms with E-state index in [2.05, 4.69) is 30.2 Å². The number of rotatable bonds is 6. The second-order valence-corrected chi connectivity index (χ2v) is 5.72. The molecule has 0 bridgehead atoms. The number of aromatic nitrogens is 4. The highest BCUT2D eigenvalue weighted by atomic mass is 16.5. The number of H-pyrrole nitrogens is 1. The number of imidazole rings is 1. The largest absolute Gasteiger partial charge is 0.385 e. The summed E-state index contributed by atoms with van der Waals surface area (Å²) in [5.41, 5.74) is 1.48. The predicted molar refractivity (Wildman–Crippen MR) is 86.1 cm³/mol. The van der Waals surface area contributed by atoms with Gasteiger partial charge in [-0.1, -0.05) is 0 Å². The SMILES string of the molecule is COCCCNC(=O)[C@@H]1CCCN(c2ncnc3nc[nH]c23)C1. The number of ether oxygens (including phenoxy) is 1. The molecule has 8 nitrogen and oxygen atoms in total. The quantitative estimate of drug-likeness (QED) is 0.762. The highest BCUT2D eigenvalue weighted by Gasteiger charge is 2.27. The van der Waals surface area contributed by atoms with Gasteiger partial charge in [-0.25, -0.2) is 15.0 Å². The molecule has 1 saturated heterocycles. The summed E-state index contributed by atoms with van der Waals surface area (Å²) >= 11 is 0. The minimum absolute atomic E-state index is 0.0146. The Kier molecular flexibility index (Phi) is 5.02. The Morgan fingerprint density at radius 3 is 3.26 bits per heavy atom. The zero-order valence-corrected chi connectivity index (χ0v) is 13.3. The fraction of sp³-hybridized carbons (Fsp3) is 0.600. The molecule has 0 spiro atoms. The van der Waals surface area contributed by atoms with Crippen LogP contribution in [0.5, 0.6) is 0 Å². The third-order valence-corrected chi connectivity index (χ3v) is 4.12. The van der Waals surface area contributed by atoms with Gasteiger partial charge in [0.15, 0.2) is 11.5 Å².